The highest BCUT2D eigenvalue weighted by atomic mass is 16.7. The number of fused-ring (bicyclic) bond motifs is 1. The van der Waals surface area contributed by atoms with E-state index in [2.05, 4.69) is 10.0 Å². The molecule has 0 radical (unpaired) electrons. The molecule has 1 aromatic rings. The van der Waals surface area contributed by atoms with Gasteiger partial charge in [0.1, 0.15) is 6.54 Å². The van der Waals surface area contributed by atoms with Crippen molar-refractivity contribution in [2.45, 2.75) is 6.29 Å². The Bertz CT molecular complexity index is 483. The van der Waals surface area contributed by atoms with Gasteiger partial charge in [0.2, 0.25) is 12.0 Å². The van der Waals surface area contributed by atoms with Gasteiger partial charge in [0.25, 0.3) is 0 Å². The topological polar surface area (TPSA) is 110 Å². The van der Waals surface area contributed by atoms with Crippen molar-refractivity contribution in [1.82, 2.24) is 0 Å². The van der Waals surface area contributed by atoms with Crippen LogP contribution in [0.4, 0.5) is 5.69 Å². The maximum absolute atomic E-state index is 10.7. The molecule has 0 aliphatic carbocycles. The molecule has 1 aliphatic heterocycles. The van der Waals surface area contributed by atoms with Crippen LogP contribution in [-0.2, 0) is 0 Å². The lowest BCUT2D eigenvalue weighted by molar-refractivity contribution is -0.385. The van der Waals surface area contributed by atoms with Gasteiger partial charge in [-0.2, -0.15) is 0 Å². The number of azide groups is 1. The summed E-state index contributed by atoms with van der Waals surface area (Å²) >= 11 is 0. The Morgan fingerprint density at radius 1 is 1.56 bits per heavy atom. The monoisotopic (exact) mass is 222 g/mol. The fraction of sp³-hybridized carbons (Fsp3) is 0.250. The number of ether oxygens (including phenoxy) is 2. The van der Waals surface area contributed by atoms with Crippen molar-refractivity contribution in [2.75, 3.05) is 6.54 Å². The molecule has 8 heteroatoms. The van der Waals surface area contributed by atoms with E-state index in [9.17, 15) is 10.1 Å². The molecule has 16 heavy (non-hydrogen) atoms. The lowest BCUT2D eigenvalue weighted by Crippen LogP contribution is -2.21. The zero-order valence-electron chi connectivity index (χ0n) is 7.94. The van der Waals surface area contributed by atoms with Crippen molar-refractivity contribution in [1.29, 1.82) is 0 Å². The van der Waals surface area contributed by atoms with Crippen LogP contribution in [0.3, 0.4) is 0 Å². The van der Waals surface area contributed by atoms with Crippen molar-refractivity contribution < 1.29 is 14.4 Å². The largest absolute Gasteiger partial charge is 0.451 e. The zero-order valence-corrected chi connectivity index (χ0v) is 7.94. The van der Waals surface area contributed by atoms with Crippen molar-refractivity contribution >= 4 is 5.69 Å². The predicted octanol–water partition coefficient (Wildman–Crippen LogP) is 2.00. The standard InChI is InChI=1S/C8H6N4O4/c9-11-10-4-7-15-6-3-1-2-5(12(13)14)8(6)16-7/h1-3,7H,4H2. The Morgan fingerprint density at radius 2 is 2.38 bits per heavy atom. The van der Waals surface area contributed by atoms with Gasteiger partial charge in [0.05, 0.1) is 4.92 Å². The van der Waals surface area contributed by atoms with Crippen LogP contribution >= 0.6 is 0 Å². The Balaban J connectivity index is 2.26. The van der Waals surface area contributed by atoms with E-state index in [1.54, 1.807) is 6.07 Å². The van der Waals surface area contributed by atoms with Crippen LogP contribution < -0.4 is 9.47 Å². The molecule has 0 fully saturated rings. The van der Waals surface area contributed by atoms with E-state index >= 15 is 0 Å². The number of nitro benzene ring substituents is 1. The Kier molecular flexibility index (Phi) is 2.49. The SMILES string of the molecule is [N-]=[N+]=NCC1Oc2cccc([N+](=O)[O-])c2O1. The third-order valence-electron chi connectivity index (χ3n) is 1.96. The number of rotatable bonds is 3. The minimum absolute atomic E-state index is 0.0394. The molecule has 0 saturated heterocycles. The average Bonchev–Trinajstić information content (AvgIpc) is 2.68. The van der Waals surface area contributed by atoms with E-state index in [0.29, 0.717) is 0 Å². The lowest BCUT2D eigenvalue weighted by atomic mass is 10.3. The summed E-state index contributed by atoms with van der Waals surface area (Å²) in [4.78, 5) is 12.7. The highest BCUT2D eigenvalue weighted by Crippen LogP contribution is 2.41. The molecular formula is C8H6N4O4. The van der Waals surface area contributed by atoms with Crippen LogP contribution in [0.15, 0.2) is 23.3 Å². The number of nitro groups is 1. The van der Waals surface area contributed by atoms with Crippen LogP contribution in [0.1, 0.15) is 0 Å². The average molecular weight is 222 g/mol. The molecule has 8 nitrogen and oxygen atoms in total. The van der Waals surface area contributed by atoms with Crippen molar-refractivity contribution in [2.24, 2.45) is 5.11 Å². The first kappa shape index (κ1) is 10.1. The summed E-state index contributed by atoms with van der Waals surface area (Å²) < 4.78 is 10.4. The number of hydrogen-bond donors (Lipinski definition) is 0. The molecule has 1 aromatic carbocycles. The number of hydrogen-bond acceptors (Lipinski definition) is 5. The Labute approximate surface area is 89.2 Å². The highest BCUT2D eigenvalue weighted by molar-refractivity contribution is 5.57. The summed E-state index contributed by atoms with van der Waals surface area (Å²) in [6.07, 6.45) is -0.799. The normalized spacial score (nSPS) is 16.6. The maximum Gasteiger partial charge on any atom is 0.315 e. The summed E-state index contributed by atoms with van der Waals surface area (Å²) in [5.74, 6) is 0.359. The van der Waals surface area contributed by atoms with Gasteiger partial charge in [-0.05, 0) is 11.6 Å². The second-order valence-corrected chi connectivity index (χ2v) is 2.94. The third kappa shape index (κ3) is 1.69. The van der Waals surface area contributed by atoms with Crippen molar-refractivity contribution in [3.05, 3.63) is 38.8 Å². The first-order valence-corrected chi connectivity index (χ1v) is 4.34. The number of para-hydroxylation sites is 1. The van der Waals surface area contributed by atoms with Gasteiger partial charge in [-0.15, -0.1) is 0 Å². The number of nitrogens with zero attached hydrogens (tertiary/aromatic N) is 4. The molecular weight excluding hydrogens is 216 g/mol. The molecule has 1 unspecified atom stereocenters. The quantitative estimate of drug-likeness (QED) is 0.256. The predicted molar refractivity (Wildman–Crippen MR) is 52.2 cm³/mol. The molecule has 2 rings (SSSR count). The van der Waals surface area contributed by atoms with E-state index in [1.807, 2.05) is 0 Å². The summed E-state index contributed by atoms with van der Waals surface area (Å²) in [5.41, 5.74) is 7.96. The molecule has 0 amide bonds. The summed E-state index contributed by atoms with van der Waals surface area (Å²) in [5, 5.41) is 13.9. The smallest absolute Gasteiger partial charge is 0.315 e. The van der Waals surface area contributed by atoms with Gasteiger partial charge in [-0.3, -0.25) is 10.1 Å². The summed E-state index contributed by atoms with van der Waals surface area (Å²) in [7, 11) is 0. The minimum Gasteiger partial charge on any atom is -0.451 e. The van der Waals surface area contributed by atoms with Gasteiger partial charge in [-0.25, -0.2) is 0 Å². The highest BCUT2D eigenvalue weighted by Gasteiger charge is 2.30. The van der Waals surface area contributed by atoms with Crippen LogP contribution in [0, 0.1) is 10.1 Å². The maximum atomic E-state index is 10.7. The van der Waals surface area contributed by atoms with Crippen molar-refractivity contribution in [3.8, 4) is 11.5 Å². The zero-order chi connectivity index (χ0) is 11.5. The van der Waals surface area contributed by atoms with Gasteiger partial charge in [-0.1, -0.05) is 11.2 Å². The molecule has 0 N–H and O–H groups in total. The molecule has 1 heterocycles. The molecule has 1 aliphatic rings. The second kappa shape index (κ2) is 3.95. The van der Waals surface area contributed by atoms with E-state index in [0.717, 1.165) is 0 Å². The molecule has 0 bridgehead atoms. The fourth-order valence-electron chi connectivity index (χ4n) is 1.33. The van der Waals surface area contributed by atoms with Crippen LogP contribution in [0.5, 0.6) is 11.5 Å². The molecule has 82 valence electrons. The Hall–Kier alpha value is -2.47. The van der Waals surface area contributed by atoms with E-state index in [1.165, 1.54) is 12.1 Å². The van der Waals surface area contributed by atoms with Crippen LogP contribution in [-0.4, -0.2) is 17.8 Å². The van der Waals surface area contributed by atoms with Crippen LogP contribution in [0.25, 0.3) is 10.4 Å². The molecule has 0 saturated carbocycles. The van der Waals surface area contributed by atoms with E-state index < -0.39 is 11.2 Å². The van der Waals surface area contributed by atoms with E-state index in [4.69, 9.17) is 15.0 Å². The first-order chi connectivity index (χ1) is 7.72. The van der Waals surface area contributed by atoms with Gasteiger partial charge < -0.3 is 9.47 Å². The van der Waals surface area contributed by atoms with Gasteiger partial charge in [0, 0.05) is 11.0 Å². The molecule has 0 aromatic heterocycles. The van der Waals surface area contributed by atoms with Crippen LogP contribution in [0.2, 0.25) is 0 Å². The van der Waals surface area contributed by atoms with Gasteiger partial charge in [0.15, 0.2) is 5.75 Å². The van der Waals surface area contributed by atoms with E-state index in [-0.39, 0.29) is 23.7 Å². The first-order valence-electron chi connectivity index (χ1n) is 4.34. The molecule has 1 atom stereocenters. The van der Waals surface area contributed by atoms with Gasteiger partial charge >= 0.3 is 5.69 Å². The second-order valence-electron chi connectivity index (χ2n) is 2.94. The molecule has 0 spiro atoms. The summed E-state index contributed by atoms with van der Waals surface area (Å²) in [6.45, 7) is -0.0394. The number of benzene rings is 1. The fourth-order valence-corrected chi connectivity index (χ4v) is 1.33. The van der Waals surface area contributed by atoms with Crippen molar-refractivity contribution in [3.63, 3.8) is 0 Å². The lowest BCUT2D eigenvalue weighted by Gasteiger charge is -2.04. The summed E-state index contributed by atoms with van der Waals surface area (Å²) in [6, 6.07) is 4.37. The minimum atomic E-state index is -0.799. The third-order valence-corrected chi connectivity index (χ3v) is 1.96. The Morgan fingerprint density at radius 3 is 3.06 bits per heavy atom.